The highest BCUT2D eigenvalue weighted by molar-refractivity contribution is 5.48. The maximum Gasteiger partial charge on any atom is 0.0315 e. The summed E-state index contributed by atoms with van der Waals surface area (Å²) in [6, 6.07) is 14.7. The fraction of sp³-hybridized carbons (Fsp3) is 0.188. The second-order valence-electron chi connectivity index (χ2n) is 4.23. The maximum atomic E-state index is 4.12. The predicted molar refractivity (Wildman–Crippen MR) is 76.1 cm³/mol. The molecule has 2 heteroatoms. The van der Waals surface area contributed by atoms with Gasteiger partial charge in [-0.1, -0.05) is 48.6 Å². The monoisotopic (exact) mass is 238 g/mol. The van der Waals surface area contributed by atoms with Gasteiger partial charge in [0.2, 0.25) is 0 Å². The molecule has 0 saturated heterocycles. The second kappa shape index (κ2) is 6.72. The highest BCUT2D eigenvalue weighted by Crippen LogP contribution is 2.09. The van der Waals surface area contributed by atoms with Crippen molar-refractivity contribution in [3.05, 3.63) is 72.1 Å². The molecule has 0 aliphatic rings. The Bertz CT molecular complexity index is 477. The van der Waals surface area contributed by atoms with Crippen molar-refractivity contribution < 1.29 is 0 Å². The molecular formula is C16H18N2. The molecule has 0 amide bonds. The fourth-order valence-electron chi connectivity index (χ4n) is 1.75. The van der Waals surface area contributed by atoms with Gasteiger partial charge in [-0.2, -0.15) is 0 Å². The molecule has 0 saturated carbocycles. The molecule has 2 aromatic rings. The third-order valence-corrected chi connectivity index (χ3v) is 2.84. The van der Waals surface area contributed by atoms with Crippen LogP contribution < -0.4 is 5.32 Å². The smallest absolute Gasteiger partial charge is 0.0315 e. The van der Waals surface area contributed by atoms with Gasteiger partial charge in [-0.15, -0.1) is 0 Å². The van der Waals surface area contributed by atoms with Crippen LogP contribution in [0.5, 0.6) is 0 Å². The molecule has 2 rings (SSSR count). The lowest BCUT2D eigenvalue weighted by molar-refractivity contribution is 0.616. The summed E-state index contributed by atoms with van der Waals surface area (Å²) in [6.45, 7) is 3.00. The minimum Gasteiger partial charge on any atom is -0.307 e. The lowest BCUT2D eigenvalue weighted by Gasteiger charge is -2.11. The van der Waals surface area contributed by atoms with Gasteiger partial charge in [0.15, 0.2) is 0 Å². The van der Waals surface area contributed by atoms with E-state index < -0.39 is 0 Å². The SMILES string of the molecule is C[C@@H](NC/C=C/c1ccccc1)c1cccnc1. The molecule has 0 aliphatic heterocycles. The first-order valence-corrected chi connectivity index (χ1v) is 6.21. The van der Waals surface area contributed by atoms with E-state index in [0.717, 1.165) is 6.54 Å². The predicted octanol–water partition coefficient (Wildman–Crippen LogP) is 3.45. The Morgan fingerprint density at radius 3 is 2.72 bits per heavy atom. The molecule has 0 fully saturated rings. The largest absolute Gasteiger partial charge is 0.307 e. The molecule has 92 valence electrons. The van der Waals surface area contributed by atoms with E-state index in [1.807, 2.05) is 30.5 Å². The number of rotatable bonds is 5. The summed E-state index contributed by atoms with van der Waals surface area (Å²) in [5.41, 5.74) is 2.44. The fourth-order valence-corrected chi connectivity index (χ4v) is 1.75. The van der Waals surface area contributed by atoms with Gasteiger partial charge >= 0.3 is 0 Å². The lowest BCUT2D eigenvalue weighted by Crippen LogP contribution is -2.18. The molecule has 0 unspecified atom stereocenters. The van der Waals surface area contributed by atoms with Crippen LogP contribution in [0.15, 0.2) is 60.9 Å². The van der Waals surface area contributed by atoms with Gasteiger partial charge in [-0.25, -0.2) is 0 Å². The summed E-state index contributed by atoms with van der Waals surface area (Å²) in [5.74, 6) is 0. The molecule has 18 heavy (non-hydrogen) atoms. The van der Waals surface area contributed by atoms with E-state index in [0.29, 0.717) is 6.04 Å². The normalized spacial score (nSPS) is 12.7. The Morgan fingerprint density at radius 2 is 2.00 bits per heavy atom. The first-order chi connectivity index (χ1) is 8.86. The number of hydrogen-bond donors (Lipinski definition) is 1. The van der Waals surface area contributed by atoms with Gasteiger partial charge in [-0.05, 0) is 24.1 Å². The van der Waals surface area contributed by atoms with Crippen LogP contribution in [-0.2, 0) is 0 Å². The minimum absolute atomic E-state index is 0.319. The van der Waals surface area contributed by atoms with Crippen LogP contribution in [0.3, 0.4) is 0 Å². The van der Waals surface area contributed by atoms with Gasteiger partial charge < -0.3 is 5.32 Å². The number of nitrogens with one attached hydrogen (secondary N) is 1. The molecule has 1 atom stereocenters. The number of pyridine rings is 1. The van der Waals surface area contributed by atoms with E-state index in [1.54, 1.807) is 6.20 Å². The molecule has 1 N–H and O–H groups in total. The van der Waals surface area contributed by atoms with E-state index in [-0.39, 0.29) is 0 Å². The third kappa shape index (κ3) is 3.82. The van der Waals surface area contributed by atoms with Crippen molar-refractivity contribution in [2.45, 2.75) is 13.0 Å². The van der Waals surface area contributed by atoms with Crippen LogP contribution in [0.25, 0.3) is 6.08 Å². The van der Waals surface area contributed by atoms with Crippen LogP contribution in [0.4, 0.5) is 0 Å². The van der Waals surface area contributed by atoms with Gasteiger partial charge in [0.05, 0.1) is 0 Å². The summed E-state index contributed by atoms with van der Waals surface area (Å²) < 4.78 is 0. The first-order valence-electron chi connectivity index (χ1n) is 6.21. The summed E-state index contributed by atoms with van der Waals surface area (Å²) in [7, 11) is 0. The van der Waals surface area contributed by atoms with E-state index >= 15 is 0 Å². The van der Waals surface area contributed by atoms with Crippen molar-refractivity contribution in [2.75, 3.05) is 6.54 Å². The zero-order valence-corrected chi connectivity index (χ0v) is 10.6. The van der Waals surface area contributed by atoms with Crippen LogP contribution >= 0.6 is 0 Å². The zero-order chi connectivity index (χ0) is 12.6. The van der Waals surface area contributed by atoms with Gasteiger partial charge in [-0.3, -0.25) is 4.98 Å². The summed E-state index contributed by atoms with van der Waals surface area (Å²) in [6.07, 6.45) is 7.97. The van der Waals surface area contributed by atoms with E-state index in [1.165, 1.54) is 11.1 Å². The highest BCUT2D eigenvalue weighted by atomic mass is 14.9. The van der Waals surface area contributed by atoms with Gasteiger partial charge in [0, 0.05) is 25.0 Å². The van der Waals surface area contributed by atoms with E-state index in [9.17, 15) is 0 Å². The zero-order valence-electron chi connectivity index (χ0n) is 10.6. The Morgan fingerprint density at radius 1 is 1.17 bits per heavy atom. The van der Waals surface area contributed by atoms with Crippen LogP contribution in [-0.4, -0.2) is 11.5 Å². The summed E-state index contributed by atoms with van der Waals surface area (Å²) in [5, 5.41) is 3.44. The van der Waals surface area contributed by atoms with Crippen molar-refractivity contribution in [3.63, 3.8) is 0 Å². The average molecular weight is 238 g/mol. The molecule has 0 aliphatic carbocycles. The molecule has 1 aromatic heterocycles. The van der Waals surface area contributed by atoms with Crippen LogP contribution in [0.2, 0.25) is 0 Å². The maximum absolute atomic E-state index is 4.12. The molecule has 0 bridgehead atoms. The van der Waals surface area contributed by atoms with Crippen LogP contribution in [0.1, 0.15) is 24.1 Å². The Balaban J connectivity index is 1.81. The van der Waals surface area contributed by atoms with Crippen molar-refractivity contribution in [1.29, 1.82) is 0 Å². The van der Waals surface area contributed by atoms with E-state index in [4.69, 9.17) is 0 Å². The summed E-state index contributed by atoms with van der Waals surface area (Å²) in [4.78, 5) is 4.12. The Hall–Kier alpha value is -1.93. The minimum atomic E-state index is 0.319. The van der Waals surface area contributed by atoms with Gasteiger partial charge in [0.1, 0.15) is 0 Å². The molecule has 2 nitrogen and oxygen atoms in total. The number of benzene rings is 1. The lowest BCUT2D eigenvalue weighted by atomic mass is 10.1. The number of hydrogen-bond acceptors (Lipinski definition) is 2. The molecule has 1 heterocycles. The van der Waals surface area contributed by atoms with Crippen molar-refractivity contribution >= 4 is 6.08 Å². The Labute approximate surface area is 108 Å². The first kappa shape index (κ1) is 12.5. The third-order valence-electron chi connectivity index (χ3n) is 2.84. The summed E-state index contributed by atoms with van der Waals surface area (Å²) >= 11 is 0. The molecule has 1 aromatic carbocycles. The van der Waals surface area contributed by atoms with Crippen molar-refractivity contribution in [1.82, 2.24) is 10.3 Å². The number of nitrogens with zero attached hydrogens (tertiary/aromatic N) is 1. The average Bonchev–Trinajstić information content (AvgIpc) is 2.45. The second-order valence-corrected chi connectivity index (χ2v) is 4.23. The van der Waals surface area contributed by atoms with Gasteiger partial charge in [0.25, 0.3) is 0 Å². The van der Waals surface area contributed by atoms with Crippen LogP contribution in [0, 0.1) is 0 Å². The molecule has 0 radical (unpaired) electrons. The number of aromatic nitrogens is 1. The Kier molecular flexibility index (Phi) is 4.68. The van der Waals surface area contributed by atoms with E-state index in [2.05, 4.69) is 47.6 Å². The van der Waals surface area contributed by atoms with Crippen molar-refractivity contribution in [3.8, 4) is 0 Å². The highest BCUT2D eigenvalue weighted by Gasteiger charge is 2.01. The quantitative estimate of drug-likeness (QED) is 0.863. The standard InChI is InChI=1S/C16H18N2/c1-14(16-10-6-11-17-13-16)18-12-5-9-15-7-3-2-4-8-15/h2-11,13-14,18H,12H2,1H3/b9-5+/t14-/m1/s1. The molecule has 0 spiro atoms. The van der Waals surface area contributed by atoms with Crippen molar-refractivity contribution in [2.24, 2.45) is 0 Å². The topological polar surface area (TPSA) is 24.9 Å². The molecular weight excluding hydrogens is 220 g/mol.